The maximum absolute atomic E-state index is 5.54. The number of hydrogen-bond acceptors (Lipinski definition) is 1. The van der Waals surface area contributed by atoms with Gasteiger partial charge in [-0.15, -0.1) is 6.58 Å². The van der Waals surface area contributed by atoms with Crippen LogP contribution >= 0.6 is 0 Å². The van der Waals surface area contributed by atoms with Gasteiger partial charge in [0.2, 0.25) is 0 Å². The van der Waals surface area contributed by atoms with Gasteiger partial charge in [-0.3, -0.25) is 0 Å². The Morgan fingerprint density at radius 3 is 2.55 bits per heavy atom. The summed E-state index contributed by atoms with van der Waals surface area (Å²) in [6.45, 7) is 9.08. The number of rotatable bonds is 7. The van der Waals surface area contributed by atoms with E-state index in [0.29, 0.717) is 0 Å². The van der Waals surface area contributed by atoms with Crippen LogP contribution in [0.5, 0.6) is 0 Å². The third-order valence-electron chi connectivity index (χ3n) is 1.50. The molecule has 0 spiro atoms. The van der Waals surface area contributed by atoms with E-state index in [1.165, 1.54) is 19.3 Å². The first-order valence-corrected chi connectivity index (χ1v) is 7.28. The van der Waals surface area contributed by atoms with Crippen LogP contribution in [0.4, 0.5) is 0 Å². The van der Waals surface area contributed by atoms with Gasteiger partial charge in [-0.25, -0.2) is 0 Å². The van der Waals surface area contributed by atoms with E-state index in [1.807, 2.05) is 6.08 Å². The van der Waals surface area contributed by atoms with Gasteiger partial charge in [0.05, 0.1) is 0 Å². The van der Waals surface area contributed by atoms with Crippen molar-refractivity contribution in [1.29, 1.82) is 0 Å². The van der Waals surface area contributed by atoms with Crippen molar-refractivity contribution in [3.05, 3.63) is 12.7 Å². The molecule has 0 aromatic rings. The van der Waals surface area contributed by atoms with Gasteiger partial charge in [0, 0.05) is 6.61 Å². The highest BCUT2D eigenvalue weighted by Gasteiger charge is 1.93. The molecule has 11 heavy (non-hydrogen) atoms. The third-order valence-corrected chi connectivity index (χ3v) is 2.41. The molecule has 0 aliphatic heterocycles. The number of hydrogen-bond donors (Lipinski definition) is 0. The lowest BCUT2D eigenvalue weighted by Crippen LogP contribution is -2.08. The zero-order valence-corrected chi connectivity index (χ0v) is 8.96. The van der Waals surface area contributed by atoms with Crippen LogP contribution < -0.4 is 0 Å². The van der Waals surface area contributed by atoms with Crippen LogP contribution in [0, 0.1) is 0 Å². The number of unbranched alkanes of at least 4 members (excludes halogenated alkanes) is 3. The second-order valence-electron chi connectivity index (χ2n) is 3.06. The van der Waals surface area contributed by atoms with Crippen molar-refractivity contribution in [2.45, 2.75) is 38.8 Å². The van der Waals surface area contributed by atoms with Crippen LogP contribution in [0.2, 0.25) is 13.1 Å². The summed E-state index contributed by atoms with van der Waals surface area (Å²) >= 11 is 0. The van der Waals surface area contributed by atoms with Gasteiger partial charge in [0.25, 0.3) is 0 Å². The summed E-state index contributed by atoms with van der Waals surface area (Å²) in [6, 6.07) is 0. The molecule has 0 rings (SSSR count). The molecular weight excluding hydrogens is 152 g/mol. The normalized spacial score (nSPS) is 10.5. The van der Waals surface area contributed by atoms with Gasteiger partial charge in [-0.1, -0.05) is 12.5 Å². The Labute approximate surface area is 72.2 Å². The largest absolute Gasteiger partial charge is 0.421 e. The predicted octanol–water partition coefficient (Wildman–Crippen LogP) is 2.73. The van der Waals surface area contributed by atoms with Crippen LogP contribution in [0.1, 0.15) is 25.7 Å². The van der Waals surface area contributed by atoms with Crippen LogP contribution in [0.15, 0.2) is 12.7 Å². The standard InChI is InChI=1S/C9H20OSi/c1-4-5-6-7-8-9-10-11(2)3/h4,11H,1,5-9H2,2-3H3. The first-order chi connectivity index (χ1) is 5.27. The first kappa shape index (κ1) is 10.9. The molecule has 1 nitrogen and oxygen atoms in total. The van der Waals surface area contributed by atoms with Gasteiger partial charge in [-0.2, -0.15) is 0 Å². The number of allylic oxidation sites excluding steroid dienone is 1. The molecule has 0 aromatic carbocycles. The fourth-order valence-corrected chi connectivity index (χ4v) is 1.52. The van der Waals surface area contributed by atoms with Crippen molar-refractivity contribution in [3.63, 3.8) is 0 Å². The van der Waals surface area contributed by atoms with E-state index in [1.54, 1.807) is 0 Å². The van der Waals surface area contributed by atoms with Gasteiger partial charge >= 0.3 is 0 Å². The Balaban J connectivity index is 2.85. The van der Waals surface area contributed by atoms with Gasteiger partial charge in [-0.05, 0) is 32.4 Å². The van der Waals surface area contributed by atoms with E-state index in [2.05, 4.69) is 19.7 Å². The molecule has 0 amide bonds. The molecule has 0 N–H and O–H groups in total. The van der Waals surface area contributed by atoms with E-state index in [0.717, 1.165) is 13.0 Å². The maximum atomic E-state index is 5.54. The summed E-state index contributed by atoms with van der Waals surface area (Å²) in [5.41, 5.74) is 0. The molecule has 0 saturated heterocycles. The van der Waals surface area contributed by atoms with Crippen LogP contribution in [-0.2, 0) is 4.43 Å². The molecule has 0 heterocycles. The Morgan fingerprint density at radius 1 is 1.27 bits per heavy atom. The van der Waals surface area contributed by atoms with Gasteiger partial charge in [0.1, 0.15) is 0 Å². The van der Waals surface area contributed by atoms with Crippen molar-refractivity contribution >= 4 is 9.04 Å². The monoisotopic (exact) mass is 172 g/mol. The zero-order chi connectivity index (χ0) is 8.53. The zero-order valence-electron chi connectivity index (χ0n) is 7.81. The second-order valence-corrected chi connectivity index (χ2v) is 5.49. The fraction of sp³-hybridized carbons (Fsp3) is 0.778. The Bertz CT molecular complexity index is 91.6. The SMILES string of the molecule is C=CCCCCCO[SiH](C)C. The molecule has 0 aliphatic rings. The van der Waals surface area contributed by atoms with Crippen LogP contribution in [-0.4, -0.2) is 15.6 Å². The minimum absolute atomic E-state index is 0.749. The highest BCUT2D eigenvalue weighted by atomic mass is 28.3. The molecule has 66 valence electrons. The lowest BCUT2D eigenvalue weighted by atomic mass is 10.2. The highest BCUT2D eigenvalue weighted by Crippen LogP contribution is 2.00. The molecule has 0 saturated carbocycles. The molecule has 0 bridgehead atoms. The molecule has 0 aromatic heterocycles. The average molecular weight is 172 g/mol. The minimum Gasteiger partial charge on any atom is -0.421 e. The van der Waals surface area contributed by atoms with E-state index in [9.17, 15) is 0 Å². The van der Waals surface area contributed by atoms with Crippen molar-refractivity contribution in [3.8, 4) is 0 Å². The van der Waals surface area contributed by atoms with Gasteiger partial charge < -0.3 is 4.43 Å². The summed E-state index contributed by atoms with van der Waals surface area (Å²) in [5.74, 6) is 0. The fourth-order valence-electron chi connectivity index (χ4n) is 0.887. The quantitative estimate of drug-likeness (QED) is 0.326. The molecule has 0 unspecified atom stereocenters. The summed E-state index contributed by atoms with van der Waals surface area (Å²) in [5, 5.41) is 0. The van der Waals surface area contributed by atoms with E-state index in [4.69, 9.17) is 4.43 Å². The lowest BCUT2D eigenvalue weighted by molar-refractivity contribution is 0.313. The van der Waals surface area contributed by atoms with Crippen molar-refractivity contribution in [2.75, 3.05) is 6.61 Å². The van der Waals surface area contributed by atoms with Crippen LogP contribution in [0.25, 0.3) is 0 Å². The predicted molar refractivity (Wildman–Crippen MR) is 53.5 cm³/mol. The van der Waals surface area contributed by atoms with Crippen molar-refractivity contribution in [1.82, 2.24) is 0 Å². The summed E-state index contributed by atoms with van der Waals surface area (Å²) in [6.07, 6.45) is 6.91. The first-order valence-electron chi connectivity index (χ1n) is 4.50. The molecular formula is C9H20OSi. The molecule has 0 aliphatic carbocycles. The van der Waals surface area contributed by atoms with Crippen molar-refractivity contribution < 1.29 is 4.43 Å². The Morgan fingerprint density at radius 2 is 2.00 bits per heavy atom. The smallest absolute Gasteiger partial charge is 0.170 e. The van der Waals surface area contributed by atoms with E-state index < -0.39 is 9.04 Å². The minimum atomic E-state index is -0.749. The highest BCUT2D eigenvalue weighted by molar-refractivity contribution is 6.48. The van der Waals surface area contributed by atoms with Gasteiger partial charge in [0.15, 0.2) is 9.04 Å². The molecule has 2 heteroatoms. The topological polar surface area (TPSA) is 9.23 Å². The summed E-state index contributed by atoms with van der Waals surface area (Å²) < 4.78 is 5.54. The average Bonchev–Trinajstić information content (AvgIpc) is 1.96. The van der Waals surface area contributed by atoms with E-state index in [-0.39, 0.29) is 0 Å². The third kappa shape index (κ3) is 9.92. The maximum Gasteiger partial charge on any atom is 0.170 e. The molecule has 0 radical (unpaired) electrons. The summed E-state index contributed by atoms with van der Waals surface area (Å²) in [4.78, 5) is 0. The lowest BCUT2D eigenvalue weighted by Gasteiger charge is -2.05. The van der Waals surface area contributed by atoms with E-state index >= 15 is 0 Å². The Hall–Kier alpha value is -0.0831. The van der Waals surface area contributed by atoms with Crippen LogP contribution in [0.3, 0.4) is 0 Å². The second kappa shape index (κ2) is 8.02. The Kier molecular flexibility index (Phi) is 7.96. The summed E-state index contributed by atoms with van der Waals surface area (Å²) in [7, 11) is -0.749. The molecule has 0 atom stereocenters. The van der Waals surface area contributed by atoms with Crippen molar-refractivity contribution in [2.24, 2.45) is 0 Å². The molecule has 0 fully saturated rings.